The second-order valence-corrected chi connectivity index (χ2v) is 12.5. The van der Waals surface area contributed by atoms with E-state index in [1.807, 2.05) is 85.0 Å². The molecule has 0 fully saturated rings. The van der Waals surface area contributed by atoms with E-state index in [9.17, 15) is 9.90 Å². The van der Waals surface area contributed by atoms with Crippen LogP contribution in [0.2, 0.25) is 0 Å². The molecule has 0 spiro atoms. The average molecular weight is 707 g/mol. The van der Waals surface area contributed by atoms with Gasteiger partial charge in [0, 0.05) is 44.3 Å². The van der Waals surface area contributed by atoms with Crippen LogP contribution in [-0.2, 0) is 9.53 Å². The third-order valence-corrected chi connectivity index (χ3v) is 9.21. The normalized spacial score (nSPS) is 12.5. The number of hydrogen-bond donors (Lipinski definition) is 4. The number of aliphatic hydroxyl groups is 1. The molecule has 0 saturated heterocycles. The first-order valence-electron chi connectivity index (χ1n) is 17.5. The summed E-state index contributed by atoms with van der Waals surface area (Å²) in [5, 5.41) is 14.2. The van der Waals surface area contributed by atoms with Crippen molar-refractivity contribution in [1.82, 2.24) is 19.9 Å². The highest BCUT2D eigenvalue weighted by Crippen LogP contribution is 2.36. The molecule has 0 radical (unpaired) electrons. The van der Waals surface area contributed by atoms with Gasteiger partial charge in [-0.15, -0.1) is 5.11 Å². The molecule has 2 aliphatic rings. The lowest BCUT2D eigenvalue weighted by Crippen LogP contribution is -2.07. The second-order valence-electron chi connectivity index (χ2n) is 12.5. The number of aromatic amines is 2. The number of carbonyl (C=O) groups excluding carboxylic acids is 1. The molecule has 262 valence electrons. The van der Waals surface area contributed by atoms with Crippen molar-refractivity contribution in [2.24, 2.45) is 5.11 Å². The number of aliphatic hydroxyl groups excluding tert-OH is 1. The minimum absolute atomic E-state index is 0.0752. The number of benzene rings is 3. The first-order valence-corrected chi connectivity index (χ1v) is 17.5. The number of ether oxygens (including phenoxy) is 1. The molecule has 8 rings (SSSR count). The van der Waals surface area contributed by atoms with E-state index in [0.717, 1.165) is 67.0 Å². The van der Waals surface area contributed by atoms with Gasteiger partial charge in [0.15, 0.2) is 5.76 Å². The first kappa shape index (κ1) is 33.7. The molecule has 9 heteroatoms. The topological polar surface area (TPSA) is 140 Å². The van der Waals surface area contributed by atoms with E-state index in [0.29, 0.717) is 16.8 Å². The van der Waals surface area contributed by atoms with E-state index in [1.54, 1.807) is 13.0 Å². The maximum atomic E-state index is 12.5. The first-order chi connectivity index (χ1) is 26.5. The van der Waals surface area contributed by atoms with Gasteiger partial charge < -0.3 is 19.8 Å². The van der Waals surface area contributed by atoms with Crippen LogP contribution >= 0.6 is 0 Å². The lowest BCUT2D eigenvalue weighted by Gasteiger charge is -2.06. The van der Waals surface area contributed by atoms with Gasteiger partial charge in [0.25, 0.3) is 0 Å². The van der Waals surface area contributed by atoms with Crippen LogP contribution in [-0.4, -0.2) is 37.6 Å². The molecule has 9 nitrogen and oxygen atoms in total. The van der Waals surface area contributed by atoms with Crippen molar-refractivity contribution in [2.75, 3.05) is 6.61 Å². The monoisotopic (exact) mass is 706 g/mol. The summed E-state index contributed by atoms with van der Waals surface area (Å²) in [5.74, 6) is -1.40. The van der Waals surface area contributed by atoms with Crippen LogP contribution in [0.4, 0.5) is 0 Å². The largest absolute Gasteiger partial charge is 0.505 e. The summed E-state index contributed by atoms with van der Waals surface area (Å²) in [7, 11) is 0. The number of aromatic nitrogens is 4. The third-order valence-electron chi connectivity index (χ3n) is 9.21. The number of hydrogen-bond acceptors (Lipinski definition) is 7. The van der Waals surface area contributed by atoms with Gasteiger partial charge >= 0.3 is 5.97 Å². The van der Waals surface area contributed by atoms with Gasteiger partial charge in [-0.25, -0.2) is 20.3 Å². The summed E-state index contributed by atoms with van der Waals surface area (Å²) in [6.07, 6.45) is 11.0. The van der Waals surface area contributed by atoms with Gasteiger partial charge in [-0.2, -0.15) is 0 Å². The molecule has 0 atom stereocenters. The van der Waals surface area contributed by atoms with Gasteiger partial charge in [0.2, 0.25) is 5.70 Å². The second kappa shape index (κ2) is 14.7. The lowest BCUT2D eigenvalue weighted by molar-refractivity contribution is -0.138. The molecule has 0 amide bonds. The Bertz CT molecular complexity index is 2670. The predicted molar refractivity (Wildman–Crippen MR) is 216 cm³/mol. The maximum Gasteiger partial charge on any atom is 0.362 e. The zero-order valence-corrected chi connectivity index (χ0v) is 29.2. The highest BCUT2D eigenvalue weighted by atomic mass is 16.5. The molecule has 4 N–H and O–H groups in total. The molecule has 5 heterocycles. The molecule has 6 aromatic rings. The van der Waals surface area contributed by atoms with E-state index < -0.39 is 17.4 Å². The molecule has 2 aliphatic heterocycles. The van der Waals surface area contributed by atoms with Gasteiger partial charge in [-0.05, 0) is 84.3 Å². The Morgan fingerprint density at radius 1 is 0.648 bits per heavy atom. The summed E-state index contributed by atoms with van der Waals surface area (Å²) in [4.78, 5) is 30.3. The van der Waals surface area contributed by atoms with E-state index in [4.69, 9.17) is 20.2 Å². The lowest BCUT2D eigenvalue weighted by atomic mass is 10.0. The Morgan fingerprint density at radius 2 is 1.06 bits per heavy atom. The molecule has 3 aromatic carbocycles. The van der Waals surface area contributed by atoms with Crippen molar-refractivity contribution >= 4 is 58.4 Å². The number of allylic oxidation sites excluding steroid dienone is 1. The number of esters is 1. The summed E-state index contributed by atoms with van der Waals surface area (Å²) in [5.41, 5.74) is 19.7. The van der Waals surface area contributed by atoms with E-state index in [2.05, 4.69) is 69.7 Å². The van der Waals surface area contributed by atoms with Crippen LogP contribution in [0.15, 0.2) is 138 Å². The summed E-state index contributed by atoms with van der Waals surface area (Å²) >= 11 is 0. The third kappa shape index (κ3) is 6.46. The Hall–Kier alpha value is -7.39. The van der Waals surface area contributed by atoms with Crippen molar-refractivity contribution in [3.63, 3.8) is 0 Å². The van der Waals surface area contributed by atoms with Crippen LogP contribution in [0.3, 0.4) is 0 Å². The SMILES string of the molecule is CCOC(=O)/C(N=N)=C(O)/C=C/c1c2nc(c(-c3ccccc3)c3ccc([nH]3)c(-c3ccccc3)c3nc(c(-c4ccccc4)c4ccc1[nH]4)C=C3)C=C2. The van der Waals surface area contributed by atoms with Gasteiger partial charge in [0.05, 0.1) is 29.4 Å². The highest BCUT2D eigenvalue weighted by Gasteiger charge is 2.19. The fourth-order valence-electron chi connectivity index (χ4n) is 6.78. The zero-order valence-electron chi connectivity index (χ0n) is 29.2. The fourth-order valence-corrected chi connectivity index (χ4v) is 6.78. The van der Waals surface area contributed by atoms with Crippen molar-refractivity contribution in [1.29, 1.82) is 5.53 Å². The van der Waals surface area contributed by atoms with Crippen LogP contribution in [0.25, 0.3) is 85.8 Å². The van der Waals surface area contributed by atoms with Crippen LogP contribution in [0.1, 0.15) is 35.3 Å². The Kier molecular flexibility index (Phi) is 9.18. The van der Waals surface area contributed by atoms with E-state index >= 15 is 0 Å². The van der Waals surface area contributed by atoms with Gasteiger partial charge in [-0.1, -0.05) is 91.0 Å². The summed E-state index contributed by atoms with van der Waals surface area (Å²) in [6.45, 7) is 1.72. The van der Waals surface area contributed by atoms with Crippen LogP contribution < -0.4 is 0 Å². The number of nitrogens with zero attached hydrogens (tertiary/aromatic N) is 3. The number of rotatable bonds is 8. The minimum Gasteiger partial charge on any atom is -0.505 e. The predicted octanol–water partition coefficient (Wildman–Crippen LogP) is 11.0. The maximum absolute atomic E-state index is 12.5. The summed E-state index contributed by atoms with van der Waals surface area (Å²) < 4.78 is 5.00. The average Bonchev–Trinajstić information content (AvgIpc) is 4.04. The van der Waals surface area contributed by atoms with Crippen molar-refractivity contribution in [2.45, 2.75) is 6.92 Å². The van der Waals surface area contributed by atoms with Crippen LogP contribution in [0.5, 0.6) is 0 Å². The minimum atomic E-state index is -0.891. The zero-order chi connectivity index (χ0) is 37.0. The molecular weight excluding hydrogens is 673 g/mol. The molecule has 0 aliphatic carbocycles. The molecule has 0 saturated carbocycles. The smallest absolute Gasteiger partial charge is 0.362 e. The quantitative estimate of drug-likeness (QED) is 0.0409. The van der Waals surface area contributed by atoms with Crippen LogP contribution in [0, 0.1) is 5.53 Å². The van der Waals surface area contributed by atoms with Crippen molar-refractivity contribution in [3.8, 4) is 33.4 Å². The standard InChI is InChI=1S/C45H34N6O3/c1-2-54-45(53)44(51-46)40(52)27-18-31-32-19-21-34(47-32)41(28-12-6-3-7-13-28)36-23-25-38(49-36)43(30-16-10-5-11-17-30)39-26-24-37(50-39)42(29-14-8-4-9-15-29)35-22-20-33(31)48-35/h3-27,46-47,50,52H,2H2,1H3/b27-18+,32-31?,33-31?,41-34?,41-36?,42-35?,42-37?,43-38?,43-39?,44-40+,51-46?. The Labute approximate surface area is 310 Å². The number of fused-ring (bicyclic) bond motifs is 8. The molecule has 8 bridgehead atoms. The molecule has 0 unspecified atom stereocenters. The molecular formula is C45H34N6O3. The summed E-state index contributed by atoms with van der Waals surface area (Å²) in [6, 6.07) is 38.6. The number of carbonyl (C=O) groups is 1. The Balaban J connectivity index is 1.51. The van der Waals surface area contributed by atoms with Crippen molar-refractivity contribution in [3.05, 3.63) is 161 Å². The molecule has 54 heavy (non-hydrogen) atoms. The van der Waals surface area contributed by atoms with E-state index in [1.165, 1.54) is 6.08 Å². The van der Waals surface area contributed by atoms with E-state index in [-0.39, 0.29) is 6.61 Å². The van der Waals surface area contributed by atoms with Gasteiger partial charge in [-0.3, -0.25) is 0 Å². The number of nitrogens with one attached hydrogen (secondary N) is 3. The van der Waals surface area contributed by atoms with Crippen molar-refractivity contribution < 1.29 is 14.6 Å². The molecule has 3 aromatic heterocycles. The highest BCUT2D eigenvalue weighted by molar-refractivity contribution is 5.98. The Morgan fingerprint density at radius 3 is 1.50 bits per heavy atom. The van der Waals surface area contributed by atoms with Gasteiger partial charge in [0.1, 0.15) is 0 Å². The fraction of sp³-hybridized carbons (Fsp3) is 0.0444. The number of H-pyrrole nitrogens is 2.